The second-order valence-corrected chi connectivity index (χ2v) is 4.61. The molecule has 3 N–H and O–H groups in total. The highest BCUT2D eigenvalue weighted by molar-refractivity contribution is 5.41. The van der Waals surface area contributed by atoms with Gasteiger partial charge in [0, 0.05) is 24.8 Å². The second kappa shape index (κ2) is 4.85. The van der Waals surface area contributed by atoms with Gasteiger partial charge in [-0.15, -0.1) is 0 Å². The smallest absolute Gasteiger partial charge is 0.0564 e. The first kappa shape index (κ1) is 11.4. The Bertz CT molecular complexity index is 346. The lowest BCUT2D eigenvalue weighted by Gasteiger charge is -2.34. The zero-order chi connectivity index (χ0) is 11.5. The molecule has 1 saturated heterocycles. The summed E-state index contributed by atoms with van der Waals surface area (Å²) in [5.74, 6) is 0. The third-order valence-corrected chi connectivity index (χ3v) is 3.44. The van der Waals surface area contributed by atoms with Crippen LogP contribution in [0.3, 0.4) is 0 Å². The molecule has 1 aliphatic rings. The molecular formula is C13H20N2O. The monoisotopic (exact) mass is 220 g/mol. The first-order valence-corrected chi connectivity index (χ1v) is 5.94. The molecule has 3 nitrogen and oxygen atoms in total. The molecule has 0 saturated carbocycles. The standard InChI is InChI=1S/C13H20N2O/c1-10(11-3-2-4-12(14)9-11)15-7-5-13(16)6-8-15/h2-4,9-10,13,16H,5-8,14H2,1H3. The lowest BCUT2D eigenvalue weighted by molar-refractivity contribution is 0.0645. The highest BCUT2D eigenvalue weighted by atomic mass is 16.3. The summed E-state index contributed by atoms with van der Waals surface area (Å²) in [5.41, 5.74) is 7.87. The van der Waals surface area contributed by atoms with Gasteiger partial charge in [0.05, 0.1) is 6.10 Å². The van der Waals surface area contributed by atoms with Gasteiger partial charge in [0.15, 0.2) is 0 Å². The van der Waals surface area contributed by atoms with Crippen molar-refractivity contribution in [2.45, 2.75) is 31.9 Å². The third-order valence-electron chi connectivity index (χ3n) is 3.44. The number of likely N-dealkylation sites (tertiary alicyclic amines) is 1. The van der Waals surface area contributed by atoms with Crippen molar-refractivity contribution in [2.75, 3.05) is 18.8 Å². The van der Waals surface area contributed by atoms with Gasteiger partial charge in [0.25, 0.3) is 0 Å². The van der Waals surface area contributed by atoms with Crippen LogP contribution in [0, 0.1) is 0 Å². The Morgan fingerprint density at radius 1 is 1.38 bits per heavy atom. The number of hydrogen-bond donors (Lipinski definition) is 2. The Hall–Kier alpha value is -1.06. The number of nitrogen functional groups attached to an aromatic ring is 1. The van der Waals surface area contributed by atoms with E-state index in [2.05, 4.69) is 17.9 Å². The number of benzene rings is 1. The van der Waals surface area contributed by atoms with E-state index in [4.69, 9.17) is 5.73 Å². The number of nitrogens with two attached hydrogens (primary N) is 1. The number of aliphatic hydroxyl groups excluding tert-OH is 1. The summed E-state index contributed by atoms with van der Waals surface area (Å²) in [6.45, 7) is 4.14. The summed E-state index contributed by atoms with van der Waals surface area (Å²) in [6, 6.07) is 8.45. The van der Waals surface area contributed by atoms with E-state index in [0.29, 0.717) is 6.04 Å². The van der Waals surface area contributed by atoms with Crippen LogP contribution in [0.1, 0.15) is 31.4 Å². The number of aliphatic hydroxyl groups is 1. The fraction of sp³-hybridized carbons (Fsp3) is 0.538. The lowest BCUT2D eigenvalue weighted by Crippen LogP contribution is -2.37. The minimum atomic E-state index is -0.107. The average molecular weight is 220 g/mol. The van der Waals surface area contributed by atoms with Crippen molar-refractivity contribution >= 4 is 5.69 Å². The number of nitrogens with zero attached hydrogens (tertiary/aromatic N) is 1. The van der Waals surface area contributed by atoms with Gasteiger partial charge in [0.1, 0.15) is 0 Å². The number of rotatable bonds is 2. The van der Waals surface area contributed by atoms with Crippen LogP contribution >= 0.6 is 0 Å². The van der Waals surface area contributed by atoms with Crippen LogP contribution in [0.4, 0.5) is 5.69 Å². The molecule has 1 unspecified atom stereocenters. The van der Waals surface area contributed by atoms with Gasteiger partial charge in [0.2, 0.25) is 0 Å². The maximum Gasteiger partial charge on any atom is 0.0564 e. The van der Waals surface area contributed by atoms with Crippen molar-refractivity contribution in [3.8, 4) is 0 Å². The summed E-state index contributed by atoms with van der Waals surface area (Å²) in [7, 11) is 0. The van der Waals surface area contributed by atoms with E-state index in [1.54, 1.807) is 0 Å². The van der Waals surface area contributed by atoms with Crippen molar-refractivity contribution in [3.05, 3.63) is 29.8 Å². The molecular weight excluding hydrogens is 200 g/mol. The molecule has 1 aromatic rings. The van der Waals surface area contributed by atoms with E-state index in [1.807, 2.05) is 18.2 Å². The molecule has 0 amide bonds. The van der Waals surface area contributed by atoms with Crippen LogP contribution in [0.25, 0.3) is 0 Å². The fourth-order valence-electron chi connectivity index (χ4n) is 2.30. The zero-order valence-electron chi connectivity index (χ0n) is 9.76. The summed E-state index contributed by atoms with van der Waals surface area (Å²) in [4.78, 5) is 2.40. The Morgan fingerprint density at radius 3 is 2.69 bits per heavy atom. The molecule has 0 aromatic heterocycles. The van der Waals surface area contributed by atoms with Crippen molar-refractivity contribution in [2.24, 2.45) is 0 Å². The molecule has 2 rings (SSSR count). The van der Waals surface area contributed by atoms with Gasteiger partial charge in [-0.25, -0.2) is 0 Å². The molecule has 1 heterocycles. The van der Waals surface area contributed by atoms with E-state index in [9.17, 15) is 5.11 Å². The minimum Gasteiger partial charge on any atom is -0.399 e. The molecule has 88 valence electrons. The Morgan fingerprint density at radius 2 is 2.06 bits per heavy atom. The largest absolute Gasteiger partial charge is 0.399 e. The van der Waals surface area contributed by atoms with Gasteiger partial charge in [-0.2, -0.15) is 0 Å². The quantitative estimate of drug-likeness (QED) is 0.747. The molecule has 1 atom stereocenters. The predicted octanol–water partition coefficient (Wildman–Crippen LogP) is 1.79. The fourth-order valence-corrected chi connectivity index (χ4v) is 2.30. The molecule has 3 heteroatoms. The number of anilines is 1. The molecule has 0 spiro atoms. The first-order valence-electron chi connectivity index (χ1n) is 5.94. The first-order chi connectivity index (χ1) is 7.66. The van der Waals surface area contributed by atoms with Crippen molar-refractivity contribution in [1.82, 2.24) is 4.90 Å². The normalized spacial score (nSPS) is 20.9. The summed E-state index contributed by atoms with van der Waals surface area (Å²) in [5, 5.41) is 9.48. The van der Waals surface area contributed by atoms with Crippen LogP contribution in [0.5, 0.6) is 0 Å². The van der Waals surface area contributed by atoms with E-state index in [0.717, 1.165) is 31.6 Å². The van der Waals surface area contributed by atoms with E-state index < -0.39 is 0 Å². The Balaban J connectivity index is 2.04. The van der Waals surface area contributed by atoms with Gasteiger partial charge >= 0.3 is 0 Å². The molecule has 1 fully saturated rings. The maximum atomic E-state index is 9.48. The molecule has 0 radical (unpaired) electrons. The van der Waals surface area contributed by atoms with Crippen LogP contribution in [0.15, 0.2) is 24.3 Å². The van der Waals surface area contributed by atoms with E-state index in [1.165, 1.54) is 5.56 Å². The van der Waals surface area contributed by atoms with Gasteiger partial charge < -0.3 is 10.8 Å². The SMILES string of the molecule is CC(c1cccc(N)c1)N1CCC(O)CC1. The van der Waals surface area contributed by atoms with E-state index >= 15 is 0 Å². The zero-order valence-corrected chi connectivity index (χ0v) is 9.76. The third kappa shape index (κ3) is 2.54. The molecule has 1 aromatic carbocycles. The average Bonchev–Trinajstić information content (AvgIpc) is 2.29. The topological polar surface area (TPSA) is 49.5 Å². The Labute approximate surface area is 96.9 Å². The second-order valence-electron chi connectivity index (χ2n) is 4.61. The van der Waals surface area contributed by atoms with Gasteiger partial charge in [-0.05, 0) is 37.5 Å². The van der Waals surface area contributed by atoms with Crippen LogP contribution in [-0.2, 0) is 0 Å². The van der Waals surface area contributed by atoms with Crippen molar-refractivity contribution in [1.29, 1.82) is 0 Å². The maximum absolute atomic E-state index is 9.48. The molecule has 1 aliphatic heterocycles. The number of piperidine rings is 1. The predicted molar refractivity (Wildman–Crippen MR) is 66.1 cm³/mol. The van der Waals surface area contributed by atoms with Crippen LogP contribution in [0.2, 0.25) is 0 Å². The van der Waals surface area contributed by atoms with Crippen LogP contribution in [-0.4, -0.2) is 29.2 Å². The lowest BCUT2D eigenvalue weighted by atomic mass is 10.0. The number of hydrogen-bond acceptors (Lipinski definition) is 3. The Kier molecular flexibility index (Phi) is 3.46. The molecule has 0 bridgehead atoms. The molecule has 0 aliphatic carbocycles. The minimum absolute atomic E-state index is 0.107. The molecule has 16 heavy (non-hydrogen) atoms. The van der Waals surface area contributed by atoms with Crippen molar-refractivity contribution < 1.29 is 5.11 Å². The van der Waals surface area contributed by atoms with E-state index in [-0.39, 0.29) is 6.10 Å². The summed E-state index contributed by atoms with van der Waals surface area (Å²) in [6.07, 6.45) is 1.66. The highest BCUT2D eigenvalue weighted by Gasteiger charge is 2.21. The van der Waals surface area contributed by atoms with Gasteiger partial charge in [-0.3, -0.25) is 4.90 Å². The van der Waals surface area contributed by atoms with Crippen LogP contribution < -0.4 is 5.73 Å². The summed E-state index contributed by atoms with van der Waals surface area (Å²) < 4.78 is 0. The van der Waals surface area contributed by atoms with Gasteiger partial charge in [-0.1, -0.05) is 12.1 Å². The summed E-state index contributed by atoms with van der Waals surface area (Å²) >= 11 is 0. The highest BCUT2D eigenvalue weighted by Crippen LogP contribution is 2.25. The van der Waals surface area contributed by atoms with Crippen molar-refractivity contribution in [3.63, 3.8) is 0 Å².